The summed E-state index contributed by atoms with van der Waals surface area (Å²) in [5.41, 5.74) is 0.918. The van der Waals surface area contributed by atoms with E-state index in [0.29, 0.717) is 19.5 Å². The normalized spacial score (nSPS) is 16.2. The molecular weight excluding hydrogens is 330 g/mol. The van der Waals surface area contributed by atoms with Gasteiger partial charge in [0.2, 0.25) is 21.8 Å². The smallest absolute Gasteiger partial charge is 0.222 e. The number of carbonyl (C=O) groups is 2. The molecule has 8 heteroatoms. The lowest BCUT2D eigenvalue weighted by Gasteiger charge is -2.25. The Bertz CT molecular complexity index is 676. The first-order valence-electron chi connectivity index (χ1n) is 7.92. The fourth-order valence-corrected chi connectivity index (χ4v) is 3.13. The molecule has 1 aromatic rings. The molecule has 1 aromatic carbocycles. The predicted molar refractivity (Wildman–Crippen MR) is 90.6 cm³/mol. The summed E-state index contributed by atoms with van der Waals surface area (Å²) in [6.45, 7) is 1.18. The molecule has 2 N–H and O–H groups in total. The first-order valence-corrected chi connectivity index (χ1v) is 9.81. The molecule has 0 bridgehead atoms. The zero-order valence-electron chi connectivity index (χ0n) is 13.7. The largest absolute Gasteiger partial charge is 0.347 e. The summed E-state index contributed by atoms with van der Waals surface area (Å²) in [4.78, 5) is 25.7. The van der Waals surface area contributed by atoms with E-state index in [1.807, 2.05) is 30.3 Å². The molecule has 0 spiro atoms. The van der Waals surface area contributed by atoms with Crippen molar-refractivity contribution in [2.45, 2.75) is 25.3 Å². The first kappa shape index (κ1) is 18.4. The molecule has 132 valence electrons. The van der Waals surface area contributed by atoms with E-state index in [4.69, 9.17) is 0 Å². The molecule has 0 aliphatic carbocycles. The van der Waals surface area contributed by atoms with E-state index in [2.05, 4.69) is 10.0 Å². The van der Waals surface area contributed by atoms with Crippen molar-refractivity contribution in [2.75, 3.05) is 25.9 Å². The van der Waals surface area contributed by atoms with Gasteiger partial charge in [-0.3, -0.25) is 9.59 Å². The van der Waals surface area contributed by atoms with Crippen LogP contribution in [0.4, 0.5) is 0 Å². The first-order chi connectivity index (χ1) is 11.3. The number of sulfonamides is 1. The Hall–Kier alpha value is -1.93. The van der Waals surface area contributed by atoms with Crippen molar-refractivity contribution >= 4 is 21.8 Å². The van der Waals surface area contributed by atoms with E-state index in [0.717, 1.165) is 18.2 Å². The van der Waals surface area contributed by atoms with Gasteiger partial charge in [-0.2, -0.15) is 0 Å². The monoisotopic (exact) mass is 353 g/mol. The maximum atomic E-state index is 12.1. The Morgan fingerprint density at radius 3 is 2.58 bits per heavy atom. The van der Waals surface area contributed by atoms with Crippen LogP contribution in [0.1, 0.15) is 30.9 Å². The molecule has 1 aliphatic heterocycles. The molecule has 2 rings (SSSR count). The van der Waals surface area contributed by atoms with Gasteiger partial charge in [-0.05, 0) is 12.0 Å². The van der Waals surface area contributed by atoms with Crippen LogP contribution in [0.25, 0.3) is 0 Å². The van der Waals surface area contributed by atoms with Crippen LogP contribution in [0.2, 0.25) is 0 Å². The van der Waals surface area contributed by atoms with E-state index < -0.39 is 10.0 Å². The van der Waals surface area contributed by atoms with E-state index in [-0.39, 0.29) is 30.8 Å². The van der Waals surface area contributed by atoms with Gasteiger partial charge in [-0.1, -0.05) is 30.3 Å². The SMILES string of the molecule is CS(=O)(=O)NCCC(=O)N[C@H](CN1CCCC1=O)c1ccccc1. The molecule has 24 heavy (non-hydrogen) atoms. The van der Waals surface area contributed by atoms with Crippen molar-refractivity contribution < 1.29 is 18.0 Å². The highest BCUT2D eigenvalue weighted by Crippen LogP contribution is 2.18. The molecule has 7 nitrogen and oxygen atoms in total. The lowest BCUT2D eigenvalue weighted by atomic mass is 10.1. The Morgan fingerprint density at radius 2 is 2.00 bits per heavy atom. The molecule has 1 atom stereocenters. The van der Waals surface area contributed by atoms with Crippen LogP contribution < -0.4 is 10.0 Å². The highest BCUT2D eigenvalue weighted by atomic mass is 32.2. The van der Waals surface area contributed by atoms with Crippen molar-refractivity contribution in [3.8, 4) is 0 Å². The van der Waals surface area contributed by atoms with Gasteiger partial charge in [-0.15, -0.1) is 0 Å². The fraction of sp³-hybridized carbons (Fsp3) is 0.500. The van der Waals surface area contributed by atoms with Crippen LogP contribution >= 0.6 is 0 Å². The van der Waals surface area contributed by atoms with Crippen LogP contribution in [-0.2, 0) is 19.6 Å². The zero-order chi connectivity index (χ0) is 17.6. The Morgan fingerprint density at radius 1 is 1.29 bits per heavy atom. The number of rotatable bonds is 8. The number of hydrogen-bond acceptors (Lipinski definition) is 4. The van der Waals surface area contributed by atoms with Gasteiger partial charge in [0.25, 0.3) is 0 Å². The summed E-state index contributed by atoms with van der Waals surface area (Å²) in [5, 5.41) is 2.90. The maximum absolute atomic E-state index is 12.1. The van der Waals surface area contributed by atoms with Crippen LogP contribution in [0.5, 0.6) is 0 Å². The lowest BCUT2D eigenvalue weighted by Crippen LogP contribution is -2.39. The molecule has 0 radical (unpaired) electrons. The van der Waals surface area contributed by atoms with Crippen molar-refractivity contribution in [3.05, 3.63) is 35.9 Å². The van der Waals surface area contributed by atoms with Crippen molar-refractivity contribution in [3.63, 3.8) is 0 Å². The molecule has 1 aliphatic rings. The minimum atomic E-state index is -3.31. The van der Waals surface area contributed by atoms with Gasteiger partial charge < -0.3 is 10.2 Å². The van der Waals surface area contributed by atoms with Crippen LogP contribution in [0.3, 0.4) is 0 Å². The Labute approximate surface area is 142 Å². The standard InChI is InChI=1S/C16H23N3O4S/c1-24(22,23)17-10-9-15(20)18-14(13-6-3-2-4-7-13)12-19-11-5-8-16(19)21/h2-4,6-7,14,17H,5,8-12H2,1H3,(H,18,20)/t14-/m1/s1. The number of nitrogens with one attached hydrogen (secondary N) is 2. The molecule has 1 saturated heterocycles. The third-order valence-corrected chi connectivity index (χ3v) is 4.56. The quantitative estimate of drug-likeness (QED) is 0.707. The Balaban J connectivity index is 1.97. The highest BCUT2D eigenvalue weighted by Gasteiger charge is 2.25. The van der Waals surface area contributed by atoms with Gasteiger partial charge in [0.1, 0.15) is 0 Å². The van der Waals surface area contributed by atoms with Crippen LogP contribution in [-0.4, -0.2) is 51.0 Å². The number of benzene rings is 1. The molecule has 0 saturated carbocycles. The molecular formula is C16H23N3O4S. The summed E-state index contributed by atoms with van der Waals surface area (Å²) < 4.78 is 24.4. The third-order valence-electron chi connectivity index (χ3n) is 3.83. The number of nitrogens with zero attached hydrogens (tertiary/aromatic N) is 1. The molecule has 1 heterocycles. The highest BCUT2D eigenvalue weighted by molar-refractivity contribution is 7.88. The predicted octanol–water partition coefficient (Wildman–Crippen LogP) is 0.406. The van der Waals surface area contributed by atoms with Gasteiger partial charge in [0.05, 0.1) is 12.3 Å². The Kier molecular flexibility index (Phi) is 6.33. The molecule has 1 fully saturated rings. The summed E-state index contributed by atoms with van der Waals surface area (Å²) >= 11 is 0. The maximum Gasteiger partial charge on any atom is 0.222 e. The molecule has 2 amide bonds. The average Bonchev–Trinajstić information content (AvgIpc) is 2.91. The summed E-state index contributed by atoms with van der Waals surface area (Å²) in [6.07, 6.45) is 2.49. The van der Waals surface area contributed by atoms with Crippen molar-refractivity contribution in [1.29, 1.82) is 0 Å². The number of amides is 2. The van der Waals surface area contributed by atoms with E-state index in [1.54, 1.807) is 4.90 Å². The average molecular weight is 353 g/mol. The molecule has 0 unspecified atom stereocenters. The zero-order valence-corrected chi connectivity index (χ0v) is 14.5. The van der Waals surface area contributed by atoms with E-state index >= 15 is 0 Å². The minimum Gasteiger partial charge on any atom is -0.347 e. The minimum absolute atomic E-state index is 0.0460. The van der Waals surface area contributed by atoms with Gasteiger partial charge >= 0.3 is 0 Å². The second-order valence-corrected chi connectivity index (χ2v) is 7.72. The number of hydrogen-bond donors (Lipinski definition) is 2. The summed E-state index contributed by atoms with van der Waals surface area (Å²) in [6, 6.07) is 9.15. The molecule has 0 aromatic heterocycles. The summed E-state index contributed by atoms with van der Waals surface area (Å²) in [7, 11) is -3.31. The van der Waals surface area contributed by atoms with E-state index in [1.165, 1.54) is 0 Å². The summed E-state index contributed by atoms with van der Waals surface area (Å²) in [5.74, 6) is -0.157. The third kappa shape index (κ3) is 5.93. The van der Waals surface area contributed by atoms with Gasteiger partial charge in [-0.25, -0.2) is 13.1 Å². The van der Waals surface area contributed by atoms with Crippen LogP contribution in [0, 0.1) is 0 Å². The second kappa shape index (κ2) is 8.25. The van der Waals surface area contributed by atoms with Crippen molar-refractivity contribution in [1.82, 2.24) is 14.9 Å². The topological polar surface area (TPSA) is 95.6 Å². The lowest BCUT2D eigenvalue weighted by molar-refractivity contribution is -0.129. The van der Waals surface area contributed by atoms with E-state index in [9.17, 15) is 18.0 Å². The van der Waals surface area contributed by atoms with Gasteiger partial charge in [0.15, 0.2) is 0 Å². The van der Waals surface area contributed by atoms with Gasteiger partial charge in [0, 0.05) is 32.5 Å². The number of carbonyl (C=O) groups excluding carboxylic acids is 2. The van der Waals surface area contributed by atoms with Crippen molar-refractivity contribution in [2.24, 2.45) is 0 Å². The van der Waals surface area contributed by atoms with Crippen LogP contribution in [0.15, 0.2) is 30.3 Å². The fourth-order valence-electron chi connectivity index (χ4n) is 2.65. The number of likely N-dealkylation sites (tertiary alicyclic amines) is 1. The second-order valence-electron chi connectivity index (χ2n) is 5.89.